The molecule has 2 amide bonds. The van der Waals surface area contributed by atoms with E-state index in [-0.39, 0.29) is 32.8 Å². The van der Waals surface area contributed by atoms with Crippen molar-refractivity contribution in [2.24, 2.45) is 0 Å². The molecule has 338 valence electrons. The Kier molecular flexibility index (Phi) is 17.4. The van der Waals surface area contributed by atoms with Gasteiger partial charge in [0, 0.05) is 6.42 Å². The first-order valence-corrected chi connectivity index (χ1v) is 21.7. The Balaban J connectivity index is 1.27. The Morgan fingerprint density at radius 1 is 0.594 bits per heavy atom. The summed E-state index contributed by atoms with van der Waals surface area (Å²) in [5.41, 5.74) is 1.35. The van der Waals surface area contributed by atoms with E-state index in [1.807, 2.05) is 152 Å². The number of carbonyl (C=O) groups excluding carboxylic acids is 3. The Bertz CT molecular complexity index is 2170. The van der Waals surface area contributed by atoms with E-state index < -0.39 is 72.1 Å². The lowest BCUT2D eigenvalue weighted by Gasteiger charge is -2.46. The summed E-state index contributed by atoms with van der Waals surface area (Å²) in [5, 5.41) is 17.2. The smallest absolute Gasteiger partial charge is 0.329 e. The molecule has 0 radical (unpaired) electrons. The summed E-state index contributed by atoms with van der Waals surface area (Å²) in [6.45, 7) is 7.32. The van der Waals surface area contributed by atoms with Gasteiger partial charge in [0.2, 0.25) is 5.91 Å². The first kappa shape index (κ1) is 47.7. The van der Waals surface area contributed by atoms with Crippen LogP contribution in [0.15, 0.2) is 152 Å². The van der Waals surface area contributed by atoms with Gasteiger partial charge in [-0.15, -0.1) is 0 Å². The number of nitrogens with one attached hydrogen (secondary N) is 2. The summed E-state index contributed by atoms with van der Waals surface area (Å²) in [7, 11) is 0. The average molecular weight is 873 g/mol. The number of aliphatic hydroxyl groups is 1. The standard InChI is InChI=1S/C52H60N2O10/c1-51(2,3)64-49(56)42(30-37-20-10-5-11-21-37)53-50(57)52(4,58)31-44(55)54-48-47(62-35-41-28-18-9-19-29-41)46(61-34-40-26-16-8-17-27-40)45(60-33-39-24-14-7-15-25-39)43(63-48)36-59-32-38-22-12-6-13-23-38/h5-29,42-43,45-48,58H,30-36H2,1-4H3,(H,53,57)(H,54,55)/t42-,43+,45+,46-,47+,48+,52-/m0/s1. The maximum Gasteiger partial charge on any atom is 0.329 e. The Labute approximate surface area is 376 Å². The number of benzene rings is 5. The zero-order valence-electron chi connectivity index (χ0n) is 37.0. The van der Waals surface area contributed by atoms with Crippen molar-refractivity contribution < 1.29 is 47.9 Å². The molecule has 5 aromatic rings. The molecular weight excluding hydrogens is 813 g/mol. The fraction of sp³-hybridized carbons (Fsp3) is 0.365. The van der Waals surface area contributed by atoms with Crippen LogP contribution in [0.2, 0.25) is 0 Å². The normalized spacial score (nSPS) is 20.0. The van der Waals surface area contributed by atoms with Gasteiger partial charge in [0.05, 0.1) is 39.5 Å². The molecule has 0 aliphatic carbocycles. The van der Waals surface area contributed by atoms with Crippen LogP contribution in [0.25, 0.3) is 0 Å². The van der Waals surface area contributed by atoms with E-state index in [0.29, 0.717) is 6.61 Å². The maximum absolute atomic E-state index is 14.2. The molecule has 7 atom stereocenters. The highest BCUT2D eigenvalue weighted by atomic mass is 16.6. The molecule has 0 spiro atoms. The van der Waals surface area contributed by atoms with Crippen LogP contribution in [-0.2, 0) is 75.7 Å². The molecule has 1 aliphatic rings. The number of esters is 1. The zero-order valence-corrected chi connectivity index (χ0v) is 37.0. The first-order chi connectivity index (χ1) is 30.8. The average Bonchev–Trinajstić information content (AvgIpc) is 3.28. The Morgan fingerprint density at radius 2 is 1.02 bits per heavy atom. The fourth-order valence-corrected chi connectivity index (χ4v) is 7.24. The van der Waals surface area contributed by atoms with E-state index in [4.69, 9.17) is 28.4 Å². The molecule has 0 unspecified atom stereocenters. The summed E-state index contributed by atoms with van der Waals surface area (Å²) in [4.78, 5) is 41.3. The van der Waals surface area contributed by atoms with Crippen LogP contribution in [0.1, 0.15) is 61.9 Å². The minimum absolute atomic E-state index is 0.0604. The topological polar surface area (TPSA) is 151 Å². The van der Waals surface area contributed by atoms with Gasteiger partial charge in [0.25, 0.3) is 5.91 Å². The van der Waals surface area contributed by atoms with Crippen molar-refractivity contribution in [2.45, 2.75) is 115 Å². The third-order valence-corrected chi connectivity index (χ3v) is 10.5. The van der Waals surface area contributed by atoms with Crippen LogP contribution in [0, 0.1) is 0 Å². The summed E-state index contributed by atoms with van der Waals surface area (Å²) >= 11 is 0. The molecule has 3 N–H and O–H groups in total. The van der Waals surface area contributed by atoms with Gasteiger partial charge in [-0.1, -0.05) is 152 Å². The van der Waals surface area contributed by atoms with Gasteiger partial charge >= 0.3 is 5.97 Å². The molecule has 0 aromatic heterocycles. The van der Waals surface area contributed by atoms with Gasteiger partial charge in [0.1, 0.15) is 41.7 Å². The number of ether oxygens (including phenoxy) is 6. The van der Waals surface area contributed by atoms with Crippen LogP contribution in [0.4, 0.5) is 0 Å². The van der Waals surface area contributed by atoms with Crippen LogP contribution in [0.5, 0.6) is 0 Å². The predicted octanol–water partition coefficient (Wildman–Crippen LogP) is 7.01. The Hall–Kier alpha value is -5.73. The monoisotopic (exact) mass is 872 g/mol. The molecule has 12 nitrogen and oxygen atoms in total. The second-order valence-electron chi connectivity index (χ2n) is 17.1. The van der Waals surface area contributed by atoms with Gasteiger partial charge < -0.3 is 44.2 Å². The molecule has 1 aliphatic heterocycles. The lowest BCUT2D eigenvalue weighted by molar-refractivity contribution is -0.277. The minimum Gasteiger partial charge on any atom is -0.458 e. The lowest BCUT2D eigenvalue weighted by Crippen LogP contribution is -2.65. The van der Waals surface area contributed by atoms with Crippen molar-refractivity contribution in [3.05, 3.63) is 179 Å². The van der Waals surface area contributed by atoms with Gasteiger partial charge in [-0.2, -0.15) is 0 Å². The Morgan fingerprint density at radius 3 is 1.48 bits per heavy atom. The summed E-state index contributed by atoms with van der Waals surface area (Å²) in [6.07, 6.45) is -5.07. The molecule has 1 heterocycles. The number of amides is 2. The first-order valence-electron chi connectivity index (χ1n) is 21.7. The van der Waals surface area contributed by atoms with Crippen molar-refractivity contribution in [2.75, 3.05) is 6.61 Å². The molecule has 1 saturated heterocycles. The summed E-state index contributed by atoms with van der Waals surface area (Å²) in [5.74, 6) is -2.32. The second kappa shape index (κ2) is 23.3. The van der Waals surface area contributed by atoms with Crippen molar-refractivity contribution in [1.82, 2.24) is 10.6 Å². The molecule has 0 bridgehead atoms. The van der Waals surface area contributed by atoms with Gasteiger partial charge in [0.15, 0.2) is 6.23 Å². The number of hydrogen-bond donors (Lipinski definition) is 3. The number of carbonyl (C=O) groups is 3. The summed E-state index contributed by atoms with van der Waals surface area (Å²) in [6, 6.07) is 46.8. The predicted molar refractivity (Wildman–Crippen MR) is 241 cm³/mol. The summed E-state index contributed by atoms with van der Waals surface area (Å²) < 4.78 is 38.8. The van der Waals surface area contributed by atoms with Crippen LogP contribution >= 0.6 is 0 Å². The largest absolute Gasteiger partial charge is 0.458 e. The van der Waals surface area contributed by atoms with E-state index >= 15 is 0 Å². The van der Waals surface area contributed by atoms with Crippen molar-refractivity contribution in [3.8, 4) is 0 Å². The van der Waals surface area contributed by atoms with Crippen LogP contribution < -0.4 is 10.6 Å². The van der Waals surface area contributed by atoms with E-state index in [9.17, 15) is 19.5 Å². The van der Waals surface area contributed by atoms with Crippen LogP contribution in [-0.4, -0.2) is 77.4 Å². The highest BCUT2D eigenvalue weighted by Crippen LogP contribution is 2.31. The fourth-order valence-electron chi connectivity index (χ4n) is 7.24. The highest BCUT2D eigenvalue weighted by molar-refractivity contribution is 5.93. The van der Waals surface area contributed by atoms with E-state index in [2.05, 4.69) is 10.6 Å². The third kappa shape index (κ3) is 14.9. The lowest BCUT2D eigenvalue weighted by atomic mass is 9.95. The van der Waals surface area contributed by atoms with Gasteiger partial charge in [-0.3, -0.25) is 9.59 Å². The molecule has 6 rings (SSSR count). The quantitative estimate of drug-likeness (QED) is 0.0658. The van der Waals surface area contributed by atoms with Gasteiger partial charge in [-0.05, 0) is 55.5 Å². The number of rotatable bonds is 21. The highest BCUT2D eigenvalue weighted by Gasteiger charge is 2.49. The SMILES string of the molecule is CC(C)(C)OC(=O)[C@H](Cc1ccccc1)NC(=O)[C@@](C)(O)CC(=O)N[C@@H]1O[C@H](COCc2ccccc2)[C@@H](OCc2ccccc2)[C@H](OCc2ccccc2)[C@H]1OCc1ccccc1. The molecule has 12 heteroatoms. The maximum atomic E-state index is 14.2. The van der Waals surface area contributed by atoms with Crippen molar-refractivity contribution in [1.29, 1.82) is 0 Å². The van der Waals surface area contributed by atoms with Gasteiger partial charge in [-0.25, -0.2) is 4.79 Å². The molecule has 64 heavy (non-hydrogen) atoms. The molecule has 1 fully saturated rings. The minimum atomic E-state index is -2.27. The van der Waals surface area contributed by atoms with Crippen molar-refractivity contribution >= 4 is 17.8 Å². The third-order valence-electron chi connectivity index (χ3n) is 10.5. The zero-order chi connectivity index (χ0) is 45.4. The molecule has 5 aromatic carbocycles. The van der Waals surface area contributed by atoms with E-state index in [1.165, 1.54) is 6.92 Å². The number of hydrogen-bond acceptors (Lipinski definition) is 10. The van der Waals surface area contributed by atoms with E-state index in [1.54, 1.807) is 20.8 Å². The molecular formula is C52H60N2O10. The second-order valence-corrected chi connectivity index (χ2v) is 17.1. The van der Waals surface area contributed by atoms with E-state index in [0.717, 1.165) is 27.8 Å². The van der Waals surface area contributed by atoms with Crippen molar-refractivity contribution in [3.63, 3.8) is 0 Å². The molecule has 0 saturated carbocycles. The van der Waals surface area contributed by atoms with Crippen LogP contribution in [0.3, 0.4) is 0 Å².